The monoisotopic (exact) mass is 1580 g/mol. The van der Waals surface area contributed by atoms with Gasteiger partial charge in [-0.15, -0.1) is 0 Å². The SMILES string of the molecule is Fc1c(F)c(-n2c3ccccc3c3ccccc32)c(F)c(F)c1-c1ccc(-c2cc3ccc4c(n3n2)CCC=C4)cc1.Fc1ccc2c(c1)c1cc(F)ccc1n2-c1ccc(-c2cc3ccc4ccccc4n3n2)cc1.c1ccc2c(c1)ccc1cc(-c3ccc(-n4c5ccc(C6CCCCC6)cc5c5cc(C6CCCCC6)ccc54)cc3)nn12. The van der Waals surface area contributed by atoms with Gasteiger partial charge >= 0.3 is 0 Å². The molecular weight excluding hydrogens is 1500 g/mol. The molecule has 0 saturated heterocycles. The molecule has 2 fully saturated rings. The van der Waals surface area contributed by atoms with Gasteiger partial charge in [-0.25, -0.2) is 39.9 Å². The number of allylic oxidation sites excluding steroid dienone is 1. The number of pyridine rings is 3. The number of rotatable bonds is 9. The predicted octanol–water partition coefficient (Wildman–Crippen LogP) is 28.2. The molecular formula is C105H77F6N9. The van der Waals surface area contributed by atoms with Crippen molar-refractivity contribution in [3.63, 3.8) is 0 Å². The molecule has 584 valence electrons. The predicted molar refractivity (Wildman–Crippen MR) is 474 cm³/mol. The summed E-state index contributed by atoms with van der Waals surface area (Å²) in [6.45, 7) is 0. The van der Waals surface area contributed by atoms with Crippen molar-refractivity contribution in [2.45, 2.75) is 88.9 Å². The molecule has 21 aromatic rings. The van der Waals surface area contributed by atoms with Gasteiger partial charge < -0.3 is 13.7 Å². The minimum atomic E-state index is -1.46. The third-order valence-corrected chi connectivity index (χ3v) is 25.3. The highest BCUT2D eigenvalue weighted by molar-refractivity contribution is 6.12. The average molecular weight is 1580 g/mol. The lowest BCUT2D eigenvalue weighted by Gasteiger charge is -2.22. The van der Waals surface area contributed by atoms with Gasteiger partial charge in [0.25, 0.3) is 0 Å². The first kappa shape index (κ1) is 72.4. The van der Waals surface area contributed by atoms with Crippen LogP contribution in [0.3, 0.4) is 0 Å². The maximum atomic E-state index is 15.8. The Labute approximate surface area is 686 Å². The van der Waals surface area contributed by atoms with Gasteiger partial charge in [0.2, 0.25) is 0 Å². The number of hydrogen-bond acceptors (Lipinski definition) is 3. The molecule has 9 nitrogen and oxygen atoms in total. The van der Waals surface area contributed by atoms with E-state index in [0.717, 1.165) is 107 Å². The summed E-state index contributed by atoms with van der Waals surface area (Å²) in [5, 5.41) is 22.6. The molecule has 9 heterocycles. The Kier molecular flexibility index (Phi) is 17.8. The Morgan fingerprint density at radius 1 is 0.292 bits per heavy atom. The van der Waals surface area contributed by atoms with Gasteiger partial charge in [0.15, 0.2) is 23.3 Å². The molecule has 2 saturated carbocycles. The number of para-hydroxylation sites is 4. The Morgan fingerprint density at radius 2 is 0.675 bits per heavy atom. The third-order valence-electron chi connectivity index (χ3n) is 25.3. The molecule has 12 aromatic carbocycles. The van der Waals surface area contributed by atoms with Crippen molar-refractivity contribution >= 4 is 110 Å². The van der Waals surface area contributed by atoms with Gasteiger partial charge in [-0.05, 0) is 218 Å². The highest BCUT2D eigenvalue weighted by Crippen LogP contribution is 2.45. The second-order valence-corrected chi connectivity index (χ2v) is 32.3. The van der Waals surface area contributed by atoms with E-state index in [1.54, 1.807) is 60.7 Å². The smallest absolute Gasteiger partial charge is 0.186 e. The quantitative estimate of drug-likeness (QED) is 0.107. The number of hydrogen-bond donors (Lipinski definition) is 0. The van der Waals surface area contributed by atoms with Crippen LogP contribution in [0.4, 0.5) is 26.3 Å². The number of halogens is 6. The lowest BCUT2D eigenvalue weighted by Crippen LogP contribution is -2.09. The number of benzene rings is 12. The van der Waals surface area contributed by atoms with Crippen LogP contribution in [0.15, 0.2) is 303 Å². The van der Waals surface area contributed by atoms with Crippen molar-refractivity contribution in [2.24, 2.45) is 0 Å². The Hall–Kier alpha value is -14.1. The summed E-state index contributed by atoms with van der Waals surface area (Å²) >= 11 is 0. The Morgan fingerprint density at radius 3 is 1.15 bits per heavy atom. The summed E-state index contributed by atoms with van der Waals surface area (Å²) in [4.78, 5) is 0. The minimum Gasteiger partial charge on any atom is -0.309 e. The first-order chi connectivity index (χ1) is 59.0. The van der Waals surface area contributed by atoms with Crippen LogP contribution in [0.5, 0.6) is 0 Å². The van der Waals surface area contributed by atoms with Crippen LogP contribution in [-0.4, -0.2) is 42.5 Å². The van der Waals surface area contributed by atoms with E-state index in [1.807, 2.05) is 74.3 Å². The number of aromatic nitrogens is 9. The molecule has 120 heavy (non-hydrogen) atoms. The van der Waals surface area contributed by atoms with Crippen molar-refractivity contribution in [2.75, 3.05) is 0 Å². The molecule has 3 aliphatic carbocycles. The molecule has 15 heteroatoms. The summed E-state index contributed by atoms with van der Waals surface area (Å²) < 4.78 is 103. The van der Waals surface area contributed by atoms with Crippen LogP contribution < -0.4 is 0 Å². The standard InChI is InChI=1S/C41H39N3.C35H21F4N3.C29H17F2N3/c1-3-9-28(10-4-1)32-18-23-40-36(25-32)37-26-33(29-11-5-2-6-12-29)19-24-41(37)43(40)34-20-15-30(16-21-34)38-27-35-22-17-31-13-7-8-14-39(31)44(35)42-38;36-31-30(22-15-13-20(14-16-22)26-19-23-18-17-21-7-1-4-10-27(21)42(23)40-26)32(37)34(39)35(33(31)38)41-28-11-5-2-8-24(28)25-9-3-6-12-29(25)41;30-20-8-13-28-24(15-20)25-16-21(31)9-14-29(25)33(28)22-10-5-18(6-11-22)26-17-23-12-7-19-3-1-2-4-27(19)34(23)32-26/h7-8,13-29H,1-6,9-12H2;1-3,5-9,11-19H,4,10H2;1-17H. The van der Waals surface area contributed by atoms with Crippen molar-refractivity contribution < 1.29 is 26.3 Å². The molecule has 0 spiro atoms. The van der Waals surface area contributed by atoms with Gasteiger partial charge in [-0.2, -0.15) is 15.3 Å². The molecule has 0 amide bonds. The maximum absolute atomic E-state index is 15.8. The van der Waals surface area contributed by atoms with Crippen molar-refractivity contribution in [3.8, 4) is 62.0 Å². The van der Waals surface area contributed by atoms with E-state index in [0.29, 0.717) is 44.9 Å². The van der Waals surface area contributed by atoms with Crippen molar-refractivity contribution in [1.29, 1.82) is 0 Å². The second-order valence-electron chi connectivity index (χ2n) is 32.3. The van der Waals surface area contributed by atoms with Gasteiger partial charge in [0, 0.05) is 71.2 Å². The third kappa shape index (κ3) is 12.4. The largest absolute Gasteiger partial charge is 0.309 e. The first-order valence-corrected chi connectivity index (χ1v) is 41.5. The molecule has 0 aliphatic heterocycles. The van der Waals surface area contributed by atoms with Gasteiger partial charge in [0.1, 0.15) is 17.3 Å². The summed E-state index contributed by atoms with van der Waals surface area (Å²) in [6.07, 6.45) is 19.6. The van der Waals surface area contributed by atoms with Crippen LogP contribution in [-0.2, 0) is 6.42 Å². The van der Waals surface area contributed by atoms with Crippen molar-refractivity contribution in [1.82, 2.24) is 42.5 Å². The van der Waals surface area contributed by atoms with Gasteiger partial charge in [0.05, 0.1) is 89.0 Å². The maximum Gasteiger partial charge on any atom is 0.186 e. The zero-order chi connectivity index (χ0) is 80.4. The normalized spacial score (nSPS) is 14.1. The van der Waals surface area contributed by atoms with Crippen LogP contribution in [0.2, 0.25) is 0 Å². The zero-order valence-corrected chi connectivity index (χ0v) is 65.4. The number of fused-ring (bicyclic) bond motifs is 18. The summed E-state index contributed by atoms with van der Waals surface area (Å²) in [5.41, 5.74) is 21.8. The molecule has 0 unspecified atom stereocenters. The lowest BCUT2D eigenvalue weighted by atomic mass is 9.83. The summed E-state index contributed by atoms with van der Waals surface area (Å²) in [7, 11) is 0. The molecule has 0 radical (unpaired) electrons. The van der Waals surface area contributed by atoms with Gasteiger partial charge in [-0.1, -0.05) is 202 Å². The fourth-order valence-electron chi connectivity index (χ4n) is 19.4. The van der Waals surface area contributed by atoms with E-state index in [2.05, 4.69) is 161 Å². The minimum absolute atomic E-state index is 0.0200. The zero-order valence-electron chi connectivity index (χ0n) is 65.4. The highest BCUT2D eigenvalue weighted by Gasteiger charge is 2.31. The molecule has 0 atom stereocenters. The van der Waals surface area contributed by atoms with Gasteiger partial charge in [-0.3, -0.25) is 0 Å². The van der Waals surface area contributed by atoms with Crippen LogP contribution in [0, 0.1) is 34.9 Å². The molecule has 9 aromatic heterocycles. The van der Waals surface area contributed by atoms with E-state index in [-0.39, 0.29) is 17.2 Å². The lowest BCUT2D eigenvalue weighted by molar-refractivity contribution is 0.444. The van der Waals surface area contributed by atoms with E-state index >= 15 is 17.6 Å². The molecule has 3 aliphatic rings. The van der Waals surface area contributed by atoms with E-state index in [1.165, 1.54) is 149 Å². The van der Waals surface area contributed by atoms with Crippen LogP contribution in [0.25, 0.3) is 172 Å². The topological polar surface area (TPSA) is 66.7 Å². The van der Waals surface area contributed by atoms with E-state index < -0.39 is 34.5 Å². The first-order valence-electron chi connectivity index (χ1n) is 41.5. The summed E-state index contributed by atoms with van der Waals surface area (Å²) in [5.74, 6) is -5.10. The fourth-order valence-corrected chi connectivity index (χ4v) is 19.4. The molecule has 0 bridgehead atoms. The molecule has 0 N–H and O–H groups in total. The highest BCUT2D eigenvalue weighted by atomic mass is 19.2. The number of aryl methyl sites for hydroxylation is 1. The van der Waals surface area contributed by atoms with E-state index in [4.69, 9.17) is 15.3 Å². The Bertz CT molecular complexity index is 7480. The fraction of sp³-hybridized carbons (Fsp3) is 0.133. The van der Waals surface area contributed by atoms with E-state index in [9.17, 15) is 8.78 Å². The average Bonchev–Trinajstić information content (AvgIpc) is 1.56. The van der Waals surface area contributed by atoms with Crippen molar-refractivity contribution in [3.05, 3.63) is 361 Å². The molecule has 24 rings (SSSR count). The van der Waals surface area contributed by atoms with Crippen LogP contribution >= 0.6 is 0 Å². The summed E-state index contributed by atoms with van der Waals surface area (Å²) in [6, 6.07) is 96.8. The van der Waals surface area contributed by atoms with Crippen LogP contribution in [0.1, 0.15) is 105 Å². The second kappa shape index (κ2) is 29.5. The number of nitrogens with zero attached hydrogens (tertiary/aromatic N) is 9. The Balaban J connectivity index is 0.000000109.